The van der Waals surface area contributed by atoms with Crippen LogP contribution in [0, 0.1) is 18.3 Å². The summed E-state index contributed by atoms with van der Waals surface area (Å²) >= 11 is 0. The highest BCUT2D eigenvalue weighted by Gasteiger charge is 2.25. The molecule has 0 radical (unpaired) electrons. The monoisotopic (exact) mass is 416 g/mol. The van der Waals surface area contributed by atoms with E-state index in [2.05, 4.69) is 11.4 Å². The Morgan fingerprint density at radius 3 is 2.29 bits per heavy atom. The molecule has 1 N–H and O–H groups in total. The van der Waals surface area contributed by atoms with E-state index in [9.17, 15) is 9.59 Å². The largest absolute Gasteiger partial charge is 0.339 e. The van der Waals surface area contributed by atoms with Gasteiger partial charge in [0.1, 0.15) is 0 Å². The molecule has 0 aromatic heterocycles. The Bertz CT molecular complexity index is 995. The topological polar surface area (TPSA) is 76.4 Å². The maximum absolute atomic E-state index is 13.1. The summed E-state index contributed by atoms with van der Waals surface area (Å²) in [4.78, 5) is 29.3. The number of nitrogens with one attached hydrogen (secondary N) is 1. The van der Waals surface area contributed by atoms with Crippen LogP contribution < -0.4 is 5.32 Å². The Balaban J connectivity index is 1.39. The number of anilines is 1. The fourth-order valence-corrected chi connectivity index (χ4v) is 4.43. The quantitative estimate of drug-likeness (QED) is 0.800. The molecular formula is C25H28N4O2. The zero-order chi connectivity index (χ0) is 21.8. The van der Waals surface area contributed by atoms with Crippen molar-refractivity contribution in [3.63, 3.8) is 0 Å². The number of urea groups is 1. The van der Waals surface area contributed by atoms with Crippen LogP contribution in [0.15, 0.2) is 42.5 Å². The smallest absolute Gasteiger partial charge is 0.321 e. The molecule has 2 aromatic rings. The molecule has 2 heterocycles. The number of aryl methyl sites for hydroxylation is 1. The van der Waals surface area contributed by atoms with E-state index >= 15 is 0 Å². The number of likely N-dealkylation sites (tertiary alicyclic amines) is 2. The zero-order valence-electron chi connectivity index (χ0n) is 17.9. The first-order chi connectivity index (χ1) is 15.0. The Hall–Kier alpha value is -3.33. The molecular weight excluding hydrogens is 388 g/mol. The molecule has 2 aromatic carbocycles. The number of carbonyl (C=O) groups excluding carboxylic acids is 2. The summed E-state index contributed by atoms with van der Waals surface area (Å²) in [6, 6.07) is 15.4. The minimum absolute atomic E-state index is 0.00921. The third-order valence-electron chi connectivity index (χ3n) is 6.41. The molecule has 0 bridgehead atoms. The number of benzene rings is 2. The summed E-state index contributed by atoms with van der Waals surface area (Å²) in [6.45, 7) is 4.92. The Labute approximate surface area is 183 Å². The predicted octanol–water partition coefficient (Wildman–Crippen LogP) is 4.51. The molecule has 0 atom stereocenters. The van der Waals surface area contributed by atoms with Crippen LogP contribution in [0.5, 0.6) is 0 Å². The summed E-state index contributed by atoms with van der Waals surface area (Å²) in [6.07, 6.45) is 3.90. The lowest BCUT2D eigenvalue weighted by Gasteiger charge is -2.32. The molecule has 2 fully saturated rings. The molecule has 0 saturated carbocycles. The van der Waals surface area contributed by atoms with E-state index in [1.807, 2.05) is 53.1 Å². The second-order valence-electron chi connectivity index (χ2n) is 8.45. The lowest BCUT2D eigenvalue weighted by molar-refractivity contribution is 0.0713. The number of nitriles is 1. The summed E-state index contributed by atoms with van der Waals surface area (Å²) in [5, 5.41) is 11.9. The molecule has 0 aliphatic carbocycles. The molecule has 2 aliphatic heterocycles. The fraction of sp³-hybridized carbons (Fsp3) is 0.400. The highest BCUT2D eigenvalue weighted by atomic mass is 16.2. The van der Waals surface area contributed by atoms with Crippen LogP contribution in [-0.4, -0.2) is 47.9 Å². The minimum Gasteiger partial charge on any atom is -0.339 e. The van der Waals surface area contributed by atoms with Gasteiger partial charge in [0.15, 0.2) is 0 Å². The van der Waals surface area contributed by atoms with E-state index in [1.165, 1.54) is 5.56 Å². The number of rotatable bonds is 3. The summed E-state index contributed by atoms with van der Waals surface area (Å²) in [5.41, 5.74) is 4.16. The summed E-state index contributed by atoms with van der Waals surface area (Å²) < 4.78 is 0. The van der Waals surface area contributed by atoms with Gasteiger partial charge in [0, 0.05) is 37.4 Å². The van der Waals surface area contributed by atoms with Crippen LogP contribution in [-0.2, 0) is 0 Å². The van der Waals surface area contributed by atoms with Crippen molar-refractivity contribution >= 4 is 17.6 Å². The third-order valence-corrected chi connectivity index (χ3v) is 6.41. The van der Waals surface area contributed by atoms with E-state index in [0.717, 1.165) is 44.3 Å². The van der Waals surface area contributed by atoms with Crippen molar-refractivity contribution in [1.82, 2.24) is 9.80 Å². The van der Waals surface area contributed by atoms with Gasteiger partial charge in [-0.25, -0.2) is 4.79 Å². The lowest BCUT2D eigenvalue weighted by atomic mass is 9.89. The average molecular weight is 417 g/mol. The van der Waals surface area contributed by atoms with Crippen molar-refractivity contribution in [2.24, 2.45) is 0 Å². The van der Waals surface area contributed by atoms with Gasteiger partial charge in [0.2, 0.25) is 0 Å². The number of carbonyl (C=O) groups is 2. The standard InChI is InChI=1S/C25H28N4O2/c1-18-4-7-22(16-23(18)27-25(31)29-12-2-3-13-29)24(30)28-14-10-21(11-15-28)20-8-5-19(17-26)6-9-20/h4-9,16,21H,2-3,10-15H2,1H3,(H,27,31). The minimum atomic E-state index is -0.0894. The molecule has 0 unspecified atom stereocenters. The first-order valence-corrected chi connectivity index (χ1v) is 11.0. The van der Waals surface area contributed by atoms with Crippen molar-refractivity contribution < 1.29 is 9.59 Å². The first-order valence-electron chi connectivity index (χ1n) is 11.0. The second kappa shape index (κ2) is 9.22. The van der Waals surface area contributed by atoms with Gasteiger partial charge in [-0.3, -0.25) is 4.79 Å². The van der Waals surface area contributed by atoms with Crippen molar-refractivity contribution in [1.29, 1.82) is 5.26 Å². The maximum atomic E-state index is 13.1. The predicted molar refractivity (Wildman–Crippen MR) is 120 cm³/mol. The van der Waals surface area contributed by atoms with Crippen molar-refractivity contribution in [2.45, 2.75) is 38.5 Å². The van der Waals surface area contributed by atoms with Crippen molar-refractivity contribution in [2.75, 3.05) is 31.5 Å². The fourth-order valence-electron chi connectivity index (χ4n) is 4.43. The van der Waals surface area contributed by atoms with E-state index in [4.69, 9.17) is 5.26 Å². The van der Waals surface area contributed by atoms with Gasteiger partial charge in [-0.15, -0.1) is 0 Å². The molecule has 6 heteroatoms. The van der Waals surface area contributed by atoms with Crippen molar-refractivity contribution in [3.8, 4) is 6.07 Å². The van der Waals surface area contributed by atoms with Crippen molar-refractivity contribution in [3.05, 3.63) is 64.7 Å². The van der Waals surface area contributed by atoms with E-state index in [0.29, 0.717) is 35.8 Å². The van der Waals surface area contributed by atoms with Crippen LogP contribution in [0.1, 0.15) is 58.6 Å². The Morgan fingerprint density at radius 1 is 0.968 bits per heavy atom. The lowest BCUT2D eigenvalue weighted by Crippen LogP contribution is -2.38. The highest BCUT2D eigenvalue weighted by molar-refractivity contribution is 5.97. The number of hydrogen-bond donors (Lipinski definition) is 1. The molecule has 6 nitrogen and oxygen atoms in total. The van der Waals surface area contributed by atoms with Crippen LogP contribution in [0.2, 0.25) is 0 Å². The molecule has 3 amide bonds. The molecule has 2 aliphatic rings. The van der Waals surface area contributed by atoms with E-state index in [1.54, 1.807) is 6.07 Å². The Morgan fingerprint density at radius 2 is 1.65 bits per heavy atom. The maximum Gasteiger partial charge on any atom is 0.321 e. The van der Waals surface area contributed by atoms with E-state index in [-0.39, 0.29) is 11.9 Å². The number of hydrogen-bond acceptors (Lipinski definition) is 3. The number of piperidine rings is 1. The summed E-state index contributed by atoms with van der Waals surface area (Å²) in [7, 11) is 0. The summed E-state index contributed by atoms with van der Waals surface area (Å²) in [5.74, 6) is 0.417. The van der Waals surface area contributed by atoms with Gasteiger partial charge in [0.05, 0.1) is 11.6 Å². The van der Waals surface area contributed by atoms with Gasteiger partial charge in [-0.1, -0.05) is 18.2 Å². The number of nitrogens with zero attached hydrogens (tertiary/aromatic N) is 3. The van der Waals surface area contributed by atoms with Crippen LogP contribution in [0.4, 0.5) is 10.5 Å². The molecule has 160 valence electrons. The van der Waals surface area contributed by atoms with Gasteiger partial charge in [-0.05, 0) is 73.9 Å². The van der Waals surface area contributed by atoms with Gasteiger partial charge in [0.25, 0.3) is 5.91 Å². The molecule has 31 heavy (non-hydrogen) atoms. The zero-order valence-corrected chi connectivity index (χ0v) is 17.9. The van der Waals surface area contributed by atoms with Gasteiger partial charge < -0.3 is 15.1 Å². The van der Waals surface area contributed by atoms with Crippen LogP contribution >= 0.6 is 0 Å². The molecule has 0 spiro atoms. The first kappa shape index (κ1) is 20.9. The van der Waals surface area contributed by atoms with Gasteiger partial charge >= 0.3 is 6.03 Å². The van der Waals surface area contributed by atoms with E-state index < -0.39 is 0 Å². The molecule has 4 rings (SSSR count). The Kier molecular flexibility index (Phi) is 6.22. The number of amides is 3. The average Bonchev–Trinajstić information content (AvgIpc) is 3.35. The van der Waals surface area contributed by atoms with Gasteiger partial charge in [-0.2, -0.15) is 5.26 Å². The normalized spacial score (nSPS) is 16.8. The molecule has 2 saturated heterocycles. The third kappa shape index (κ3) is 4.72. The van der Waals surface area contributed by atoms with Crippen LogP contribution in [0.3, 0.4) is 0 Å². The highest BCUT2D eigenvalue weighted by Crippen LogP contribution is 2.29. The SMILES string of the molecule is Cc1ccc(C(=O)N2CCC(c3ccc(C#N)cc3)CC2)cc1NC(=O)N1CCCC1. The second-order valence-corrected chi connectivity index (χ2v) is 8.45. The van der Waals surface area contributed by atoms with Crippen LogP contribution in [0.25, 0.3) is 0 Å².